The molecular weight excluding hydrogens is 380 g/mol. The minimum Gasteiger partial charge on any atom is -0.493 e. The zero-order valence-corrected chi connectivity index (χ0v) is 18.7. The van der Waals surface area contributed by atoms with Gasteiger partial charge in [0.15, 0.2) is 5.58 Å². The molecule has 2 heterocycles. The molecule has 6 heteroatoms. The Kier molecular flexibility index (Phi) is 5.94. The quantitative estimate of drug-likeness (QED) is 0.624. The Morgan fingerprint density at radius 3 is 2.57 bits per heavy atom. The van der Waals surface area contributed by atoms with Gasteiger partial charge in [-0.25, -0.2) is 4.79 Å². The molecule has 1 amide bonds. The number of hydrogen-bond donors (Lipinski definition) is 0. The lowest BCUT2D eigenvalue weighted by atomic mass is 9.91. The van der Waals surface area contributed by atoms with Gasteiger partial charge in [-0.1, -0.05) is 5.16 Å². The van der Waals surface area contributed by atoms with Gasteiger partial charge in [0.1, 0.15) is 11.4 Å². The lowest BCUT2D eigenvalue weighted by Gasteiger charge is -2.33. The van der Waals surface area contributed by atoms with Gasteiger partial charge in [0, 0.05) is 24.0 Å². The van der Waals surface area contributed by atoms with Gasteiger partial charge >= 0.3 is 6.09 Å². The van der Waals surface area contributed by atoms with Crippen molar-refractivity contribution in [2.75, 3.05) is 19.7 Å². The van der Waals surface area contributed by atoms with Crippen LogP contribution in [0.2, 0.25) is 0 Å². The summed E-state index contributed by atoms with van der Waals surface area (Å²) in [5.41, 5.74) is 2.47. The summed E-state index contributed by atoms with van der Waals surface area (Å²) in [6.45, 7) is 10.1. The summed E-state index contributed by atoms with van der Waals surface area (Å²) in [5, 5.41) is 5.45. The molecule has 164 valence electrons. The van der Waals surface area contributed by atoms with Gasteiger partial charge in [0.05, 0.1) is 12.3 Å². The number of nitrogens with zero attached hydrogens (tertiary/aromatic N) is 2. The number of likely N-dealkylation sites (tertiary alicyclic amines) is 1. The van der Waals surface area contributed by atoms with Crippen molar-refractivity contribution in [3.05, 3.63) is 23.4 Å². The van der Waals surface area contributed by atoms with E-state index in [4.69, 9.17) is 14.0 Å². The molecule has 0 unspecified atom stereocenters. The van der Waals surface area contributed by atoms with Gasteiger partial charge in [0.25, 0.3) is 0 Å². The fraction of sp³-hybridized carbons (Fsp3) is 0.667. The Balaban J connectivity index is 1.30. The summed E-state index contributed by atoms with van der Waals surface area (Å²) >= 11 is 0. The Morgan fingerprint density at radius 2 is 1.90 bits per heavy atom. The van der Waals surface area contributed by atoms with Crippen molar-refractivity contribution in [1.82, 2.24) is 10.1 Å². The molecule has 1 saturated heterocycles. The number of benzene rings is 1. The molecule has 1 aromatic carbocycles. The molecule has 30 heavy (non-hydrogen) atoms. The van der Waals surface area contributed by atoms with Crippen molar-refractivity contribution >= 4 is 17.1 Å². The van der Waals surface area contributed by atoms with Crippen molar-refractivity contribution in [3.8, 4) is 5.75 Å². The predicted octanol–water partition coefficient (Wildman–Crippen LogP) is 5.50. The third-order valence-electron chi connectivity index (χ3n) is 6.14. The number of amides is 1. The number of carbonyl (C=O) groups excluding carboxylic acids is 1. The number of rotatable bonds is 6. The van der Waals surface area contributed by atoms with Gasteiger partial charge in [0.2, 0.25) is 0 Å². The highest BCUT2D eigenvalue weighted by Gasteiger charge is 2.27. The summed E-state index contributed by atoms with van der Waals surface area (Å²) < 4.78 is 17.1. The number of hydrogen-bond acceptors (Lipinski definition) is 5. The van der Waals surface area contributed by atoms with E-state index in [-0.39, 0.29) is 6.09 Å². The minimum absolute atomic E-state index is 0.196. The molecule has 0 bridgehead atoms. The average molecular weight is 415 g/mol. The Labute approximate surface area is 178 Å². The van der Waals surface area contributed by atoms with E-state index in [1.807, 2.05) is 32.6 Å². The first-order valence-electron chi connectivity index (χ1n) is 11.3. The fourth-order valence-electron chi connectivity index (χ4n) is 4.07. The van der Waals surface area contributed by atoms with E-state index in [1.54, 1.807) is 0 Å². The molecule has 0 radical (unpaired) electrons. The van der Waals surface area contributed by atoms with E-state index in [0.29, 0.717) is 5.92 Å². The SMILES string of the molecule is Cc1c(OCC2CC2)ccc2c(CCC3CCN(C(=O)OC(C)(C)C)CC3)noc12. The second kappa shape index (κ2) is 8.48. The van der Waals surface area contributed by atoms with E-state index >= 15 is 0 Å². The maximum absolute atomic E-state index is 12.2. The molecule has 2 fully saturated rings. The van der Waals surface area contributed by atoms with Gasteiger partial charge in [-0.05, 0) is 90.2 Å². The highest BCUT2D eigenvalue weighted by Crippen LogP contribution is 2.34. The zero-order valence-electron chi connectivity index (χ0n) is 18.7. The summed E-state index contributed by atoms with van der Waals surface area (Å²) in [4.78, 5) is 14.1. The van der Waals surface area contributed by atoms with E-state index < -0.39 is 5.60 Å². The fourth-order valence-corrected chi connectivity index (χ4v) is 4.07. The first-order chi connectivity index (χ1) is 14.3. The molecule has 1 aromatic heterocycles. The summed E-state index contributed by atoms with van der Waals surface area (Å²) in [5.74, 6) is 2.23. The molecule has 1 aliphatic carbocycles. The lowest BCUT2D eigenvalue weighted by Crippen LogP contribution is -2.41. The molecule has 1 aliphatic heterocycles. The normalized spacial score (nSPS) is 18.1. The summed E-state index contributed by atoms with van der Waals surface area (Å²) in [7, 11) is 0. The molecule has 0 atom stereocenters. The Morgan fingerprint density at radius 1 is 1.17 bits per heavy atom. The van der Waals surface area contributed by atoms with E-state index in [0.717, 1.165) is 79.3 Å². The Bertz CT molecular complexity index is 886. The molecule has 1 saturated carbocycles. The van der Waals surface area contributed by atoms with E-state index in [2.05, 4.69) is 17.3 Å². The van der Waals surface area contributed by atoms with Crippen LogP contribution in [-0.4, -0.2) is 41.4 Å². The molecule has 4 rings (SSSR count). The summed E-state index contributed by atoms with van der Waals surface area (Å²) in [6.07, 6.45) is 6.34. The minimum atomic E-state index is -0.442. The monoisotopic (exact) mass is 414 g/mol. The highest BCUT2D eigenvalue weighted by molar-refractivity contribution is 5.84. The third-order valence-corrected chi connectivity index (χ3v) is 6.14. The van der Waals surface area contributed by atoms with Crippen LogP contribution < -0.4 is 4.74 Å². The van der Waals surface area contributed by atoms with Crippen molar-refractivity contribution < 1.29 is 18.8 Å². The van der Waals surface area contributed by atoms with Crippen molar-refractivity contribution in [2.45, 2.75) is 71.8 Å². The van der Waals surface area contributed by atoms with Crippen LogP contribution >= 0.6 is 0 Å². The smallest absolute Gasteiger partial charge is 0.410 e. The lowest BCUT2D eigenvalue weighted by molar-refractivity contribution is 0.0181. The van der Waals surface area contributed by atoms with Crippen LogP contribution in [0.1, 0.15) is 64.1 Å². The Hall–Kier alpha value is -2.24. The number of aryl methyl sites for hydroxylation is 2. The van der Waals surface area contributed by atoms with Gasteiger partial charge in [-0.15, -0.1) is 0 Å². The van der Waals surface area contributed by atoms with Crippen LogP contribution in [-0.2, 0) is 11.2 Å². The second-order valence-corrected chi connectivity index (χ2v) is 9.90. The van der Waals surface area contributed by atoms with Crippen molar-refractivity contribution in [3.63, 3.8) is 0 Å². The number of fused-ring (bicyclic) bond motifs is 1. The number of ether oxygens (including phenoxy) is 2. The first kappa shape index (κ1) is 21.0. The zero-order chi connectivity index (χ0) is 21.3. The standard InChI is InChI=1S/C24H34N2O4/c1-16-21(28-15-18-5-6-18)10-8-19-20(25-30-22(16)19)9-7-17-11-13-26(14-12-17)23(27)29-24(2,3)4/h8,10,17-18H,5-7,9,11-15H2,1-4H3. The molecular formula is C24H34N2O4. The number of piperidine rings is 1. The van der Waals surface area contributed by atoms with Gasteiger partial charge in [-0.3, -0.25) is 0 Å². The van der Waals surface area contributed by atoms with E-state index in [1.165, 1.54) is 12.8 Å². The van der Waals surface area contributed by atoms with Crippen LogP contribution in [0.25, 0.3) is 11.0 Å². The first-order valence-corrected chi connectivity index (χ1v) is 11.3. The number of aromatic nitrogens is 1. The molecule has 6 nitrogen and oxygen atoms in total. The largest absolute Gasteiger partial charge is 0.493 e. The van der Waals surface area contributed by atoms with Gasteiger partial charge in [-0.2, -0.15) is 0 Å². The maximum atomic E-state index is 12.2. The second-order valence-electron chi connectivity index (χ2n) is 9.90. The van der Waals surface area contributed by atoms with Crippen molar-refractivity contribution in [2.24, 2.45) is 11.8 Å². The number of carbonyl (C=O) groups is 1. The molecule has 2 aromatic rings. The molecule has 2 aliphatic rings. The van der Waals surface area contributed by atoms with E-state index in [9.17, 15) is 4.79 Å². The van der Waals surface area contributed by atoms with Gasteiger partial charge < -0.3 is 18.9 Å². The predicted molar refractivity (Wildman–Crippen MR) is 116 cm³/mol. The summed E-state index contributed by atoms with van der Waals surface area (Å²) in [6, 6.07) is 4.14. The van der Waals surface area contributed by atoms with Crippen LogP contribution in [0.4, 0.5) is 4.79 Å². The maximum Gasteiger partial charge on any atom is 0.410 e. The van der Waals surface area contributed by atoms with Crippen molar-refractivity contribution in [1.29, 1.82) is 0 Å². The van der Waals surface area contributed by atoms with Crippen LogP contribution in [0.3, 0.4) is 0 Å². The molecule has 0 spiro atoms. The average Bonchev–Trinajstić information content (AvgIpc) is 3.43. The highest BCUT2D eigenvalue weighted by atomic mass is 16.6. The van der Waals surface area contributed by atoms with Crippen LogP contribution in [0.15, 0.2) is 16.7 Å². The molecule has 0 N–H and O–H groups in total. The van der Waals surface area contributed by atoms with Crippen LogP contribution in [0, 0.1) is 18.8 Å². The third kappa shape index (κ3) is 5.08. The topological polar surface area (TPSA) is 64.8 Å². The van der Waals surface area contributed by atoms with Crippen LogP contribution in [0.5, 0.6) is 5.75 Å².